The molecule has 1 aromatic heterocycles. The van der Waals surface area contributed by atoms with Gasteiger partial charge in [-0.15, -0.1) is 0 Å². The van der Waals surface area contributed by atoms with Crippen LogP contribution in [0.3, 0.4) is 0 Å². The molecule has 0 saturated carbocycles. The van der Waals surface area contributed by atoms with Crippen molar-refractivity contribution >= 4 is 16.5 Å². The third kappa shape index (κ3) is 2.48. The minimum absolute atomic E-state index is 0.698. The van der Waals surface area contributed by atoms with E-state index in [1.807, 2.05) is 56.4 Å². The maximum Gasteiger partial charge on any atom is 0.123 e. The van der Waals surface area contributed by atoms with E-state index >= 15 is 0 Å². The van der Waals surface area contributed by atoms with Gasteiger partial charge in [-0.2, -0.15) is 5.26 Å². The molecule has 3 heteroatoms. The Morgan fingerprint density at radius 2 is 1.81 bits per heavy atom. The van der Waals surface area contributed by atoms with E-state index in [1.165, 1.54) is 0 Å². The molecule has 1 heterocycles. The van der Waals surface area contributed by atoms with Gasteiger partial charge in [-0.3, -0.25) is 0 Å². The topological polar surface area (TPSA) is 40.2 Å². The van der Waals surface area contributed by atoms with Crippen molar-refractivity contribution in [2.45, 2.75) is 13.5 Å². The maximum absolute atomic E-state index is 9.22. The van der Waals surface area contributed by atoms with Gasteiger partial charge in [0, 0.05) is 23.5 Å². The number of hydrogen-bond acceptors (Lipinski definition) is 3. The van der Waals surface area contributed by atoms with E-state index in [2.05, 4.69) is 17.0 Å². The lowest BCUT2D eigenvalue weighted by Gasteiger charge is -2.20. The van der Waals surface area contributed by atoms with Crippen LogP contribution in [0.5, 0.6) is 0 Å². The summed E-state index contributed by atoms with van der Waals surface area (Å²) >= 11 is 0. The van der Waals surface area contributed by atoms with Crippen LogP contribution in [0.25, 0.3) is 10.8 Å². The average molecular weight is 276 g/mol. The highest BCUT2D eigenvalue weighted by Gasteiger charge is 2.10. The second-order valence-corrected chi connectivity index (χ2v) is 5.16. The van der Waals surface area contributed by atoms with Crippen molar-refractivity contribution in [1.82, 2.24) is 0 Å². The minimum atomic E-state index is 0.698. The molecule has 104 valence electrons. The monoisotopic (exact) mass is 276 g/mol. The fourth-order valence-corrected chi connectivity index (χ4v) is 2.60. The quantitative estimate of drug-likeness (QED) is 0.718. The van der Waals surface area contributed by atoms with Gasteiger partial charge in [0.2, 0.25) is 0 Å². The molecule has 3 aromatic rings. The number of hydrogen-bond donors (Lipinski definition) is 0. The highest BCUT2D eigenvalue weighted by molar-refractivity contribution is 5.97. The van der Waals surface area contributed by atoms with E-state index in [4.69, 9.17) is 4.42 Å². The van der Waals surface area contributed by atoms with Crippen molar-refractivity contribution < 1.29 is 4.42 Å². The molecular formula is C18H16N2O. The SMILES string of the molecule is Cc1ccc(CN(C)c2ccc(C#N)c3ccccc23)o1. The third-order valence-corrected chi connectivity index (χ3v) is 3.62. The molecule has 0 atom stereocenters. The van der Waals surface area contributed by atoms with Gasteiger partial charge >= 0.3 is 0 Å². The van der Waals surface area contributed by atoms with E-state index in [-0.39, 0.29) is 0 Å². The average Bonchev–Trinajstić information content (AvgIpc) is 2.91. The van der Waals surface area contributed by atoms with Crippen LogP contribution in [0.4, 0.5) is 5.69 Å². The number of furan rings is 1. The van der Waals surface area contributed by atoms with Crippen molar-refractivity contribution in [3.05, 3.63) is 65.6 Å². The molecule has 0 amide bonds. The first-order chi connectivity index (χ1) is 10.2. The first kappa shape index (κ1) is 13.3. The minimum Gasteiger partial charge on any atom is -0.464 e. The highest BCUT2D eigenvalue weighted by atomic mass is 16.3. The number of anilines is 1. The van der Waals surface area contributed by atoms with E-state index in [9.17, 15) is 5.26 Å². The van der Waals surface area contributed by atoms with Crippen LogP contribution in [0.15, 0.2) is 52.9 Å². The number of benzene rings is 2. The van der Waals surface area contributed by atoms with Gasteiger partial charge in [0.1, 0.15) is 11.5 Å². The lowest BCUT2D eigenvalue weighted by Crippen LogP contribution is -2.16. The molecule has 0 saturated heterocycles. The van der Waals surface area contributed by atoms with Gasteiger partial charge < -0.3 is 9.32 Å². The van der Waals surface area contributed by atoms with Crippen molar-refractivity contribution in [3.63, 3.8) is 0 Å². The molecule has 0 aliphatic carbocycles. The van der Waals surface area contributed by atoms with E-state index in [0.29, 0.717) is 12.1 Å². The normalized spacial score (nSPS) is 10.5. The molecule has 0 radical (unpaired) electrons. The van der Waals surface area contributed by atoms with Crippen LogP contribution < -0.4 is 4.90 Å². The largest absolute Gasteiger partial charge is 0.464 e. The third-order valence-electron chi connectivity index (χ3n) is 3.62. The maximum atomic E-state index is 9.22. The molecular weight excluding hydrogens is 260 g/mol. The predicted octanol–water partition coefficient (Wildman–Crippen LogP) is 4.25. The fourth-order valence-electron chi connectivity index (χ4n) is 2.60. The lowest BCUT2D eigenvalue weighted by atomic mass is 10.0. The van der Waals surface area contributed by atoms with Gasteiger partial charge in [-0.05, 0) is 31.2 Å². The zero-order chi connectivity index (χ0) is 14.8. The van der Waals surface area contributed by atoms with E-state index in [1.54, 1.807) is 0 Å². The molecule has 0 unspecified atom stereocenters. The second-order valence-electron chi connectivity index (χ2n) is 5.16. The first-order valence-corrected chi connectivity index (χ1v) is 6.87. The Morgan fingerprint density at radius 3 is 2.48 bits per heavy atom. The van der Waals surface area contributed by atoms with Crippen LogP contribution in [0, 0.1) is 18.3 Å². The molecule has 3 nitrogen and oxygen atoms in total. The molecule has 0 fully saturated rings. The van der Waals surface area contributed by atoms with Crippen molar-refractivity contribution in [2.75, 3.05) is 11.9 Å². The lowest BCUT2D eigenvalue weighted by molar-refractivity contribution is 0.482. The molecule has 2 aromatic carbocycles. The highest BCUT2D eigenvalue weighted by Crippen LogP contribution is 2.29. The van der Waals surface area contributed by atoms with Gasteiger partial charge in [0.15, 0.2) is 0 Å². The Kier molecular flexibility index (Phi) is 3.37. The summed E-state index contributed by atoms with van der Waals surface area (Å²) in [4.78, 5) is 2.14. The number of rotatable bonds is 3. The molecule has 0 bridgehead atoms. The summed E-state index contributed by atoms with van der Waals surface area (Å²) in [5.74, 6) is 1.85. The van der Waals surface area contributed by atoms with Crippen molar-refractivity contribution in [3.8, 4) is 6.07 Å². The van der Waals surface area contributed by atoms with Crippen molar-refractivity contribution in [2.24, 2.45) is 0 Å². The van der Waals surface area contributed by atoms with Crippen LogP contribution in [0.2, 0.25) is 0 Å². The molecule has 0 aliphatic rings. The molecule has 21 heavy (non-hydrogen) atoms. The standard InChI is InChI=1S/C18H16N2O/c1-13-7-9-15(21-13)12-20(2)18-10-8-14(11-19)16-5-3-4-6-17(16)18/h3-10H,12H2,1-2H3. The summed E-state index contributed by atoms with van der Waals surface area (Å²) in [5.41, 5.74) is 1.80. The number of nitriles is 1. The summed E-state index contributed by atoms with van der Waals surface area (Å²) in [5, 5.41) is 11.3. The molecule has 0 spiro atoms. The molecule has 0 N–H and O–H groups in total. The fraction of sp³-hybridized carbons (Fsp3) is 0.167. The number of aryl methyl sites for hydroxylation is 1. The van der Waals surface area contributed by atoms with Crippen LogP contribution >= 0.6 is 0 Å². The smallest absolute Gasteiger partial charge is 0.123 e. The Bertz CT molecular complexity index is 827. The van der Waals surface area contributed by atoms with Crippen molar-refractivity contribution in [1.29, 1.82) is 5.26 Å². The van der Waals surface area contributed by atoms with E-state index in [0.717, 1.165) is 28.0 Å². The predicted molar refractivity (Wildman–Crippen MR) is 84.2 cm³/mol. The van der Waals surface area contributed by atoms with Gasteiger partial charge in [0.05, 0.1) is 18.2 Å². The van der Waals surface area contributed by atoms with E-state index < -0.39 is 0 Å². The van der Waals surface area contributed by atoms with Gasteiger partial charge in [-0.25, -0.2) is 0 Å². The summed E-state index contributed by atoms with van der Waals surface area (Å²) < 4.78 is 5.64. The zero-order valence-electron chi connectivity index (χ0n) is 12.1. The molecule has 0 aliphatic heterocycles. The number of nitrogens with zero attached hydrogens (tertiary/aromatic N) is 2. The summed E-state index contributed by atoms with van der Waals surface area (Å²) in [7, 11) is 2.03. The Balaban J connectivity index is 2.02. The Morgan fingerprint density at radius 1 is 1.05 bits per heavy atom. The Hall–Kier alpha value is -2.73. The zero-order valence-corrected chi connectivity index (χ0v) is 12.1. The molecule has 3 rings (SSSR count). The van der Waals surface area contributed by atoms with Gasteiger partial charge in [-0.1, -0.05) is 24.3 Å². The number of fused-ring (bicyclic) bond motifs is 1. The Labute approximate surface area is 124 Å². The second kappa shape index (κ2) is 5.34. The van der Waals surface area contributed by atoms with Crippen LogP contribution in [0.1, 0.15) is 17.1 Å². The summed E-state index contributed by atoms with van der Waals surface area (Å²) in [6.07, 6.45) is 0. The van der Waals surface area contributed by atoms with Crippen LogP contribution in [-0.4, -0.2) is 7.05 Å². The van der Waals surface area contributed by atoms with Crippen LogP contribution in [-0.2, 0) is 6.54 Å². The van der Waals surface area contributed by atoms with Gasteiger partial charge in [0.25, 0.3) is 0 Å². The summed E-state index contributed by atoms with van der Waals surface area (Å²) in [6.45, 7) is 2.64. The first-order valence-electron chi connectivity index (χ1n) is 6.87. The summed E-state index contributed by atoms with van der Waals surface area (Å²) in [6, 6.07) is 18.1.